The van der Waals surface area contributed by atoms with Crippen LogP contribution in [0, 0.1) is 11.3 Å². The molecule has 0 N–H and O–H groups in total. The summed E-state index contributed by atoms with van der Waals surface area (Å²) in [7, 11) is 1.72. The Morgan fingerprint density at radius 1 is 1.00 bits per heavy atom. The second-order valence-corrected chi connectivity index (χ2v) is 5.70. The smallest absolute Gasteiger partial charge is 0.0704 e. The van der Waals surface area contributed by atoms with Gasteiger partial charge in [0.1, 0.15) is 0 Å². The molecule has 0 amide bonds. The Morgan fingerprint density at radius 2 is 1.60 bits per heavy atom. The normalized spacial score (nSPS) is 28.0. The SMILES string of the molecule is COCCOC1CCC(C(C)(C)C)CC1. The first-order valence-electron chi connectivity index (χ1n) is 6.14. The molecule has 0 aromatic heterocycles. The van der Waals surface area contributed by atoms with Gasteiger partial charge in [0, 0.05) is 7.11 Å². The van der Waals surface area contributed by atoms with Crippen LogP contribution >= 0.6 is 0 Å². The van der Waals surface area contributed by atoms with Crippen molar-refractivity contribution in [3.63, 3.8) is 0 Å². The van der Waals surface area contributed by atoms with E-state index >= 15 is 0 Å². The maximum absolute atomic E-state index is 5.76. The average Bonchev–Trinajstić information content (AvgIpc) is 2.18. The lowest BCUT2D eigenvalue weighted by atomic mass is 9.72. The van der Waals surface area contributed by atoms with Gasteiger partial charge in [-0.05, 0) is 37.0 Å². The number of rotatable bonds is 4. The number of methoxy groups -OCH3 is 1. The average molecular weight is 214 g/mol. The van der Waals surface area contributed by atoms with Crippen molar-refractivity contribution in [3.8, 4) is 0 Å². The van der Waals surface area contributed by atoms with Crippen LogP contribution in [0.15, 0.2) is 0 Å². The lowest BCUT2D eigenvalue weighted by Crippen LogP contribution is -2.29. The molecule has 0 heterocycles. The summed E-state index contributed by atoms with van der Waals surface area (Å²) in [5.74, 6) is 0.875. The third-order valence-electron chi connectivity index (χ3n) is 3.54. The molecule has 0 spiro atoms. The highest BCUT2D eigenvalue weighted by Gasteiger charge is 2.29. The largest absolute Gasteiger partial charge is 0.382 e. The van der Waals surface area contributed by atoms with Gasteiger partial charge in [0.25, 0.3) is 0 Å². The summed E-state index contributed by atoms with van der Waals surface area (Å²) in [6.45, 7) is 8.53. The minimum absolute atomic E-state index is 0.470. The van der Waals surface area contributed by atoms with E-state index in [0.29, 0.717) is 11.5 Å². The van der Waals surface area contributed by atoms with Crippen LogP contribution in [0.3, 0.4) is 0 Å². The molecular formula is C13H26O2. The highest BCUT2D eigenvalue weighted by Crippen LogP contribution is 2.38. The fraction of sp³-hybridized carbons (Fsp3) is 1.00. The maximum atomic E-state index is 5.76. The van der Waals surface area contributed by atoms with Crippen molar-refractivity contribution >= 4 is 0 Å². The summed E-state index contributed by atoms with van der Waals surface area (Å²) in [6.07, 6.45) is 5.58. The Hall–Kier alpha value is -0.0800. The van der Waals surface area contributed by atoms with E-state index in [1.54, 1.807) is 7.11 Å². The molecule has 2 nitrogen and oxygen atoms in total. The zero-order chi connectivity index (χ0) is 11.3. The number of hydrogen-bond donors (Lipinski definition) is 0. The number of hydrogen-bond acceptors (Lipinski definition) is 2. The fourth-order valence-electron chi connectivity index (χ4n) is 2.39. The van der Waals surface area contributed by atoms with Crippen molar-refractivity contribution < 1.29 is 9.47 Å². The van der Waals surface area contributed by atoms with E-state index in [0.717, 1.165) is 19.1 Å². The minimum Gasteiger partial charge on any atom is -0.382 e. The molecule has 15 heavy (non-hydrogen) atoms. The highest BCUT2D eigenvalue weighted by atomic mass is 16.5. The van der Waals surface area contributed by atoms with E-state index in [-0.39, 0.29) is 0 Å². The first-order valence-corrected chi connectivity index (χ1v) is 6.14. The number of ether oxygens (including phenoxy) is 2. The van der Waals surface area contributed by atoms with Crippen LogP contribution in [0.5, 0.6) is 0 Å². The summed E-state index contributed by atoms with van der Waals surface area (Å²) in [5, 5.41) is 0. The lowest BCUT2D eigenvalue weighted by molar-refractivity contribution is -0.0172. The van der Waals surface area contributed by atoms with Crippen LogP contribution < -0.4 is 0 Å². The molecule has 1 rings (SSSR count). The van der Waals surface area contributed by atoms with Gasteiger partial charge in [0.2, 0.25) is 0 Å². The molecule has 0 saturated heterocycles. The summed E-state index contributed by atoms with van der Waals surface area (Å²) in [5.41, 5.74) is 0.470. The molecule has 0 aromatic rings. The van der Waals surface area contributed by atoms with Gasteiger partial charge in [-0.15, -0.1) is 0 Å². The van der Waals surface area contributed by atoms with E-state index in [9.17, 15) is 0 Å². The topological polar surface area (TPSA) is 18.5 Å². The van der Waals surface area contributed by atoms with Gasteiger partial charge >= 0.3 is 0 Å². The predicted molar refractivity (Wildman–Crippen MR) is 63.0 cm³/mol. The van der Waals surface area contributed by atoms with Crippen LogP contribution in [0.1, 0.15) is 46.5 Å². The van der Waals surface area contributed by atoms with Crippen LogP contribution in [-0.4, -0.2) is 26.4 Å². The van der Waals surface area contributed by atoms with Gasteiger partial charge in [-0.1, -0.05) is 20.8 Å². The Morgan fingerprint density at radius 3 is 2.07 bits per heavy atom. The van der Waals surface area contributed by atoms with Crippen LogP contribution in [0.4, 0.5) is 0 Å². The van der Waals surface area contributed by atoms with Crippen molar-refractivity contribution in [1.29, 1.82) is 0 Å². The van der Waals surface area contributed by atoms with Crippen molar-refractivity contribution in [2.24, 2.45) is 11.3 Å². The monoisotopic (exact) mass is 214 g/mol. The molecule has 1 saturated carbocycles. The molecule has 0 atom stereocenters. The molecular weight excluding hydrogens is 188 g/mol. The van der Waals surface area contributed by atoms with Crippen LogP contribution in [0.2, 0.25) is 0 Å². The molecule has 0 radical (unpaired) electrons. The van der Waals surface area contributed by atoms with Crippen molar-refractivity contribution in [1.82, 2.24) is 0 Å². The first kappa shape index (κ1) is 13.0. The molecule has 0 unspecified atom stereocenters. The molecule has 0 aromatic carbocycles. The Kier molecular flexibility index (Phi) is 5.07. The third-order valence-corrected chi connectivity index (χ3v) is 3.54. The standard InChI is InChI=1S/C13H26O2/c1-13(2,3)11-5-7-12(8-6-11)15-10-9-14-4/h11-12H,5-10H2,1-4H3. The van der Waals surface area contributed by atoms with Crippen molar-refractivity contribution in [3.05, 3.63) is 0 Å². The molecule has 1 fully saturated rings. The fourth-order valence-corrected chi connectivity index (χ4v) is 2.39. The van der Waals surface area contributed by atoms with Gasteiger partial charge in [0.05, 0.1) is 19.3 Å². The molecule has 90 valence electrons. The second-order valence-electron chi connectivity index (χ2n) is 5.70. The van der Waals surface area contributed by atoms with Crippen LogP contribution in [-0.2, 0) is 9.47 Å². The van der Waals surface area contributed by atoms with E-state index in [1.807, 2.05) is 0 Å². The molecule has 1 aliphatic carbocycles. The minimum atomic E-state index is 0.470. The van der Waals surface area contributed by atoms with Crippen LogP contribution in [0.25, 0.3) is 0 Å². The highest BCUT2D eigenvalue weighted by molar-refractivity contribution is 4.80. The summed E-state index contributed by atoms with van der Waals surface area (Å²) < 4.78 is 10.7. The molecule has 0 bridgehead atoms. The van der Waals surface area contributed by atoms with Crippen molar-refractivity contribution in [2.75, 3.05) is 20.3 Å². The Balaban J connectivity index is 2.18. The zero-order valence-corrected chi connectivity index (χ0v) is 10.7. The van der Waals surface area contributed by atoms with Gasteiger partial charge in [0.15, 0.2) is 0 Å². The first-order chi connectivity index (χ1) is 7.04. The molecule has 0 aliphatic heterocycles. The lowest BCUT2D eigenvalue weighted by Gasteiger charge is -2.36. The predicted octanol–water partition coefficient (Wildman–Crippen LogP) is 3.25. The van der Waals surface area contributed by atoms with Gasteiger partial charge < -0.3 is 9.47 Å². The van der Waals surface area contributed by atoms with Crippen molar-refractivity contribution in [2.45, 2.75) is 52.6 Å². The third kappa shape index (κ3) is 4.52. The Labute approximate surface area is 94.3 Å². The van der Waals surface area contributed by atoms with Gasteiger partial charge in [-0.25, -0.2) is 0 Å². The molecule has 2 heteroatoms. The zero-order valence-electron chi connectivity index (χ0n) is 10.7. The Bertz CT molecular complexity index is 164. The van der Waals surface area contributed by atoms with E-state index in [2.05, 4.69) is 20.8 Å². The second kappa shape index (κ2) is 5.86. The van der Waals surface area contributed by atoms with E-state index in [4.69, 9.17) is 9.47 Å². The van der Waals surface area contributed by atoms with E-state index < -0.39 is 0 Å². The van der Waals surface area contributed by atoms with Gasteiger partial charge in [-0.2, -0.15) is 0 Å². The summed E-state index contributed by atoms with van der Waals surface area (Å²) in [6, 6.07) is 0. The summed E-state index contributed by atoms with van der Waals surface area (Å²) in [4.78, 5) is 0. The summed E-state index contributed by atoms with van der Waals surface area (Å²) >= 11 is 0. The van der Waals surface area contributed by atoms with Gasteiger partial charge in [-0.3, -0.25) is 0 Å². The quantitative estimate of drug-likeness (QED) is 0.669. The van der Waals surface area contributed by atoms with E-state index in [1.165, 1.54) is 25.7 Å². The molecule has 1 aliphatic rings. The maximum Gasteiger partial charge on any atom is 0.0704 e.